The van der Waals surface area contributed by atoms with Gasteiger partial charge in [-0.3, -0.25) is 4.79 Å². The van der Waals surface area contributed by atoms with Crippen LogP contribution in [0.4, 0.5) is 0 Å². The molecule has 1 nitrogen and oxygen atoms in total. The monoisotopic (exact) mass is 360 g/mol. The minimum absolute atomic E-state index is 0.153. The second-order valence-electron chi connectivity index (χ2n) is 11.2. The highest BCUT2D eigenvalue weighted by molar-refractivity contribution is 5.95. The summed E-state index contributed by atoms with van der Waals surface area (Å²) in [5.74, 6) is 0.807. The Bertz CT molecular complexity index is 920. The zero-order valence-corrected chi connectivity index (χ0v) is 17.4. The largest absolute Gasteiger partial charge is 0.298 e. The quantitative estimate of drug-likeness (QED) is 0.483. The van der Waals surface area contributed by atoms with Crippen molar-refractivity contribution in [2.75, 3.05) is 0 Å². The van der Waals surface area contributed by atoms with E-state index in [1.165, 1.54) is 30.4 Å². The van der Waals surface area contributed by atoms with Crippen LogP contribution in [0.3, 0.4) is 0 Å². The Hall–Kier alpha value is -1.37. The lowest BCUT2D eigenvalue weighted by atomic mass is 9.50. The lowest BCUT2D eigenvalue weighted by Crippen LogP contribution is -2.45. The summed E-state index contributed by atoms with van der Waals surface area (Å²) in [5.41, 5.74) is 8.66. The Morgan fingerprint density at radius 1 is 1.07 bits per heavy atom. The van der Waals surface area contributed by atoms with E-state index in [4.69, 9.17) is 0 Å². The summed E-state index contributed by atoms with van der Waals surface area (Å²) >= 11 is 0. The van der Waals surface area contributed by atoms with Crippen LogP contribution in [0.2, 0.25) is 0 Å². The molecule has 0 aromatic heterocycles. The van der Waals surface area contributed by atoms with Gasteiger partial charge < -0.3 is 0 Å². The van der Waals surface area contributed by atoms with Crippen molar-refractivity contribution < 1.29 is 4.79 Å². The molecule has 6 rings (SSSR count). The van der Waals surface area contributed by atoms with Crippen molar-refractivity contribution in [3.63, 3.8) is 0 Å². The van der Waals surface area contributed by atoms with Gasteiger partial charge in [-0.1, -0.05) is 55.7 Å². The van der Waals surface area contributed by atoms with E-state index in [2.05, 4.69) is 45.9 Å². The van der Waals surface area contributed by atoms with Crippen LogP contribution in [0.5, 0.6) is 0 Å². The molecular weight excluding hydrogens is 328 g/mol. The minimum atomic E-state index is -0.153. The molecule has 6 aliphatic carbocycles. The van der Waals surface area contributed by atoms with E-state index < -0.39 is 0 Å². The fourth-order valence-corrected chi connectivity index (χ4v) is 8.23. The van der Waals surface area contributed by atoms with Crippen LogP contribution < -0.4 is 0 Å². The first-order chi connectivity index (χ1) is 12.8. The van der Waals surface area contributed by atoms with Crippen LogP contribution in [0.15, 0.2) is 46.1 Å². The lowest BCUT2D eigenvalue weighted by molar-refractivity contribution is -0.129. The molecule has 2 spiro atoms. The van der Waals surface area contributed by atoms with Gasteiger partial charge in [0.15, 0.2) is 0 Å². The maximum absolute atomic E-state index is 13.5. The molecule has 0 radical (unpaired) electrons. The van der Waals surface area contributed by atoms with Crippen molar-refractivity contribution in [1.82, 2.24) is 0 Å². The van der Waals surface area contributed by atoms with Gasteiger partial charge in [0.1, 0.15) is 5.78 Å². The number of hydrogen-bond acceptors (Lipinski definition) is 1. The lowest BCUT2D eigenvalue weighted by Gasteiger charge is -2.53. The second kappa shape index (κ2) is 4.61. The number of carbonyl (C=O) groups excluding carboxylic acids is 1. The van der Waals surface area contributed by atoms with Crippen molar-refractivity contribution in [3.05, 3.63) is 46.1 Å². The van der Waals surface area contributed by atoms with Crippen molar-refractivity contribution in [2.24, 2.45) is 27.6 Å². The van der Waals surface area contributed by atoms with Gasteiger partial charge in [0, 0.05) is 11.3 Å². The fourth-order valence-electron chi connectivity index (χ4n) is 8.23. The standard InChI is InChI=1S/C26H32O/c1-16-5-9-24(4)19-7-10-26-20(6-8-23(26,3)14-17(2)22(26)27)18(19)15-25(11-12-25)21(24)13-16/h5-6,13,17H,7-12,14-15H2,1-4H3/t17?,23-,24?,26?/m0/s1. The molecule has 0 amide bonds. The zero-order chi connectivity index (χ0) is 18.8. The van der Waals surface area contributed by atoms with Gasteiger partial charge in [0.25, 0.3) is 0 Å². The SMILES string of the molecule is CC1=CCC2(C)C(=C1)C1(CC1)CC1=C2CCC23C(=O)C(C)C[C@]2(C)CC=C13. The Kier molecular flexibility index (Phi) is 2.83. The van der Waals surface area contributed by atoms with Crippen LogP contribution in [-0.2, 0) is 4.79 Å². The first kappa shape index (κ1) is 16.6. The number of fused-ring (bicyclic) bond motifs is 4. The van der Waals surface area contributed by atoms with E-state index in [-0.39, 0.29) is 22.2 Å². The molecule has 4 atom stereocenters. The predicted octanol–water partition coefficient (Wildman–Crippen LogP) is 6.48. The summed E-state index contributed by atoms with van der Waals surface area (Å²) in [6, 6.07) is 0. The van der Waals surface area contributed by atoms with Gasteiger partial charge in [-0.25, -0.2) is 0 Å². The first-order valence-electron chi connectivity index (χ1n) is 11.1. The molecule has 2 fully saturated rings. The molecule has 0 aromatic carbocycles. The van der Waals surface area contributed by atoms with E-state index in [0.29, 0.717) is 11.2 Å². The fraction of sp³-hybridized carbons (Fsp3) is 0.654. The highest BCUT2D eigenvalue weighted by Crippen LogP contribution is 2.75. The molecule has 6 aliphatic rings. The van der Waals surface area contributed by atoms with Gasteiger partial charge in [0.05, 0.1) is 5.41 Å². The number of hydrogen-bond donors (Lipinski definition) is 0. The highest BCUT2D eigenvalue weighted by atomic mass is 16.1. The third kappa shape index (κ3) is 1.68. The molecule has 0 bridgehead atoms. The smallest absolute Gasteiger partial charge is 0.146 e. The van der Waals surface area contributed by atoms with E-state index in [1.807, 2.05) is 0 Å². The summed E-state index contributed by atoms with van der Waals surface area (Å²) in [6.45, 7) is 9.38. The summed E-state index contributed by atoms with van der Waals surface area (Å²) < 4.78 is 0. The normalized spacial score (nSPS) is 46.3. The van der Waals surface area contributed by atoms with Crippen molar-refractivity contribution >= 4 is 5.78 Å². The molecule has 142 valence electrons. The number of carbonyl (C=O) groups is 1. The van der Waals surface area contributed by atoms with E-state index in [9.17, 15) is 4.79 Å². The molecular formula is C26H32O. The molecule has 0 heterocycles. The van der Waals surface area contributed by atoms with Gasteiger partial charge in [-0.15, -0.1) is 0 Å². The van der Waals surface area contributed by atoms with E-state index in [1.54, 1.807) is 16.7 Å². The summed E-state index contributed by atoms with van der Waals surface area (Å²) in [5, 5.41) is 0. The van der Waals surface area contributed by atoms with Crippen molar-refractivity contribution in [2.45, 2.75) is 79.1 Å². The Balaban J connectivity index is 1.56. The van der Waals surface area contributed by atoms with Gasteiger partial charge >= 0.3 is 0 Å². The third-order valence-corrected chi connectivity index (χ3v) is 9.72. The van der Waals surface area contributed by atoms with Crippen LogP contribution in [0, 0.1) is 27.6 Å². The minimum Gasteiger partial charge on any atom is -0.298 e. The van der Waals surface area contributed by atoms with Crippen LogP contribution >= 0.6 is 0 Å². The number of ketones is 1. The van der Waals surface area contributed by atoms with Crippen LogP contribution in [0.1, 0.15) is 79.1 Å². The van der Waals surface area contributed by atoms with Gasteiger partial charge in [0.2, 0.25) is 0 Å². The molecule has 3 unspecified atom stereocenters. The summed E-state index contributed by atoms with van der Waals surface area (Å²) in [4.78, 5) is 13.5. The molecule has 0 saturated heterocycles. The number of Topliss-reactive ketones (excluding diaryl/α,β-unsaturated/α-hetero) is 1. The van der Waals surface area contributed by atoms with Crippen molar-refractivity contribution in [3.8, 4) is 0 Å². The maximum Gasteiger partial charge on any atom is 0.146 e. The Morgan fingerprint density at radius 2 is 1.85 bits per heavy atom. The van der Waals surface area contributed by atoms with Crippen molar-refractivity contribution in [1.29, 1.82) is 0 Å². The zero-order valence-electron chi connectivity index (χ0n) is 17.4. The van der Waals surface area contributed by atoms with E-state index in [0.717, 1.165) is 32.1 Å². The summed E-state index contributed by atoms with van der Waals surface area (Å²) in [6.07, 6.45) is 17.0. The second-order valence-corrected chi connectivity index (χ2v) is 11.2. The highest BCUT2D eigenvalue weighted by Gasteiger charge is 2.68. The molecule has 0 aliphatic heterocycles. The Labute approximate surface area is 163 Å². The topological polar surface area (TPSA) is 17.1 Å². The molecule has 2 saturated carbocycles. The molecule has 27 heavy (non-hydrogen) atoms. The number of allylic oxidation sites excluding steroid dienone is 8. The predicted molar refractivity (Wildman–Crippen MR) is 109 cm³/mol. The summed E-state index contributed by atoms with van der Waals surface area (Å²) in [7, 11) is 0. The molecule has 0 aromatic rings. The van der Waals surface area contributed by atoms with Crippen LogP contribution in [0.25, 0.3) is 0 Å². The van der Waals surface area contributed by atoms with E-state index >= 15 is 0 Å². The third-order valence-electron chi connectivity index (χ3n) is 9.72. The first-order valence-corrected chi connectivity index (χ1v) is 11.1. The van der Waals surface area contributed by atoms with Crippen LogP contribution in [-0.4, -0.2) is 5.78 Å². The average molecular weight is 361 g/mol. The van der Waals surface area contributed by atoms with Gasteiger partial charge in [-0.05, 0) is 80.3 Å². The van der Waals surface area contributed by atoms with Gasteiger partial charge in [-0.2, -0.15) is 0 Å². The Morgan fingerprint density at radius 3 is 2.59 bits per heavy atom. The maximum atomic E-state index is 13.5. The average Bonchev–Trinajstić information content (AvgIpc) is 3.29. The number of rotatable bonds is 0. The molecule has 1 heteroatoms. The molecule has 0 N–H and O–H groups in total.